The Kier molecular flexibility index (Phi) is 8.31. The molecule has 0 radical (unpaired) electrons. The van der Waals surface area contributed by atoms with Crippen molar-refractivity contribution in [1.82, 2.24) is 0 Å². The van der Waals surface area contributed by atoms with Crippen LogP contribution in [0.4, 0.5) is 34.1 Å². The fourth-order valence-electron chi connectivity index (χ4n) is 10.2. The second-order valence-electron chi connectivity index (χ2n) is 22.4. The second kappa shape index (κ2) is 12.4. The summed E-state index contributed by atoms with van der Waals surface area (Å²) in [6.45, 7) is 35.0. The third-order valence-corrected chi connectivity index (χ3v) is 13.9. The van der Waals surface area contributed by atoms with Crippen LogP contribution in [0.1, 0.15) is 142 Å². The number of furan rings is 1. The average Bonchev–Trinajstić information content (AvgIpc) is 3.50. The van der Waals surface area contributed by atoms with Gasteiger partial charge in [0.2, 0.25) is 0 Å². The molecule has 2 aliphatic heterocycles. The van der Waals surface area contributed by atoms with Crippen LogP contribution in [0, 0.1) is 13.8 Å². The van der Waals surface area contributed by atoms with Gasteiger partial charge in [0.1, 0.15) is 5.58 Å². The van der Waals surface area contributed by atoms with Crippen molar-refractivity contribution in [2.75, 3.05) is 9.80 Å². The molecule has 3 aliphatic rings. The molecular weight excluding hydrogens is 703 g/mol. The van der Waals surface area contributed by atoms with E-state index in [0.29, 0.717) is 0 Å². The minimum absolute atomic E-state index is 0.0182. The molecule has 6 aromatic rings. The van der Waals surface area contributed by atoms with E-state index in [2.05, 4.69) is 199 Å². The van der Waals surface area contributed by atoms with Crippen LogP contribution in [0.3, 0.4) is 0 Å². The lowest BCUT2D eigenvalue weighted by atomic mass is 9.35. The molecule has 3 nitrogen and oxygen atoms in total. The third-order valence-electron chi connectivity index (χ3n) is 13.9. The number of anilines is 6. The molecule has 0 spiro atoms. The van der Waals surface area contributed by atoms with Gasteiger partial charge in [-0.05, 0) is 152 Å². The first kappa shape index (κ1) is 38.8. The molecule has 0 atom stereocenters. The first-order valence-corrected chi connectivity index (χ1v) is 21.7. The molecule has 0 bridgehead atoms. The molecule has 0 unspecified atom stereocenters. The van der Waals surface area contributed by atoms with Gasteiger partial charge >= 0.3 is 0 Å². The Morgan fingerprint density at radius 1 is 0.552 bits per heavy atom. The Bertz CT molecular complexity index is 2650. The van der Waals surface area contributed by atoms with E-state index in [1.54, 1.807) is 0 Å². The molecule has 9 rings (SSSR count). The lowest BCUT2D eigenvalue weighted by Gasteiger charge is -2.43. The van der Waals surface area contributed by atoms with Crippen LogP contribution in [-0.2, 0) is 27.1 Å². The topological polar surface area (TPSA) is 19.6 Å². The van der Waals surface area contributed by atoms with Gasteiger partial charge in [-0.3, -0.25) is 0 Å². The molecular formula is C54H63BN2O. The highest BCUT2D eigenvalue weighted by Gasteiger charge is 2.48. The number of rotatable bonds is 2. The molecule has 0 N–H and O–H groups in total. The molecule has 0 saturated carbocycles. The smallest absolute Gasteiger partial charge is 0.297 e. The summed E-state index contributed by atoms with van der Waals surface area (Å²) in [5.74, 6) is 0. The van der Waals surface area contributed by atoms with E-state index in [1.165, 1.54) is 90.1 Å². The highest BCUT2D eigenvalue weighted by atomic mass is 16.3. The van der Waals surface area contributed by atoms with Gasteiger partial charge in [0, 0.05) is 33.8 Å². The highest BCUT2D eigenvalue weighted by Crippen LogP contribution is 2.52. The number of hydrogen-bond donors (Lipinski definition) is 0. The quantitative estimate of drug-likeness (QED) is 0.163. The van der Waals surface area contributed by atoms with Crippen molar-refractivity contribution < 1.29 is 4.42 Å². The molecule has 1 aromatic heterocycles. The molecule has 298 valence electrons. The zero-order valence-electron chi connectivity index (χ0n) is 37.9. The van der Waals surface area contributed by atoms with Crippen LogP contribution in [0.25, 0.3) is 11.0 Å². The van der Waals surface area contributed by atoms with Gasteiger partial charge < -0.3 is 14.2 Å². The van der Waals surface area contributed by atoms with Crippen molar-refractivity contribution >= 4 is 68.4 Å². The maximum absolute atomic E-state index is 7.44. The van der Waals surface area contributed by atoms with Crippen LogP contribution in [0.5, 0.6) is 0 Å². The number of hydrogen-bond acceptors (Lipinski definition) is 3. The van der Waals surface area contributed by atoms with E-state index >= 15 is 0 Å². The van der Waals surface area contributed by atoms with Crippen LogP contribution in [0.15, 0.2) is 89.3 Å². The van der Waals surface area contributed by atoms with E-state index in [4.69, 9.17) is 4.42 Å². The van der Waals surface area contributed by atoms with Crippen molar-refractivity contribution in [1.29, 1.82) is 0 Å². The first-order chi connectivity index (χ1) is 27.0. The van der Waals surface area contributed by atoms with Crippen molar-refractivity contribution in [3.63, 3.8) is 0 Å². The van der Waals surface area contributed by atoms with Crippen molar-refractivity contribution in [2.24, 2.45) is 0 Å². The molecule has 58 heavy (non-hydrogen) atoms. The summed E-state index contributed by atoms with van der Waals surface area (Å²) >= 11 is 0. The fourth-order valence-corrected chi connectivity index (χ4v) is 10.2. The summed E-state index contributed by atoms with van der Waals surface area (Å²) in [7, 11) is 0. The molecule has 4 heteroatoms. The minimum Gasteiger partial charge on any atom is -0.468 e. The van der Waals surface area contributed by atoms with Gasteiger partial charge in [0.25, 0.3) is 6.71 Å². The van der Waals surface area contributed by atoms with Crippen molar-refractivity contribution in [2.45, 2.75) is 144 Å². The van der Waals surface area contributed by atoms with Crippen molar-refractivity contribution in [3.05, 3.63) is 124 Å². The predicted molar refractivity (Wildman–Crippen MR) is 251 cm³/mol. The average molecular weight is 767 g/mol. The fraction of sp³-hybridized carbons (Fsp3) is 0.407. The number of nitrogens with zero attached hydrogens (tertiary/aromatic N) is 2. The SMILES string of the molecule is Cc1cc2c3c(c1)N(c1ccc(C(C)(C)C)cc1)c1c(oc4cc5c(cc14)C(C)(C)CCC5(C)C)B3c1ccc(C(C)(C)C)cc1N2c1ccc(C(C)(C)C)cc1C. The molecule has 0 amide bonds. The van der Waals surface area contributed by atoms with Gasteiger partial charge in [-0.25, -0.2) is 0 Å². The Morgan fingerprint density at radius 2 is 1.09 bits per heavy atom. The lowest BCUT2D eigenvalue weighted by Crippen LogP contribution is -2.61. The van der Waals surface area contributed by atoms with E-state index in [-0.39, 0.29) is 33.8 Å². The number of benzene rings is 5. The Balaban J connectivity index is 1.40. The lowest BCUT2D eigenvalue weighted by molar-refractivity contribution is 0.332. The summed E-state index contributed by atoms with van der Waals surface area (Å²) in [5.41, 5.74) is 21.5. The molecule has 3 heterocycles. The summed E-state index contributed by atoms with van der Waals surface area (Å²) < 4.78 is 7.44. The van der Waals surface area contributed by atoms with Gasteiger partial charge in [-0.15, -0.1) is 0 Å². The monoisotopic (exact) mass is 767 g/mol. The molecule has 0 fully saturated rings. The maximum atomic E-state index is 7.44. The maximum Gasteiger partial charge on any atom is 0.297 e. The van der Waals surface area contributed by atoms with E-state index < -0.39 is 0 Å². The van der Waals surface area contributed by atoms with Crippen LogP contribution >= 0.6 is 0 Å². The van der Waals surface area contributed by atoms with Crippen LogP contribution in [-0.4, -0.2) is 6.71 Å². The molecule has 1 aliphatic carbocycles. The zero-order chi connectivity index (χ0) is 41.6. The standard InChI is InChI=1S/C54H63BN2O/c1-32-26-44-47-45(27-32)57(42-23-19-35(28-33(42)2)51(6,7)8)43-29-36(52(9,10)11)18-22-41(43)55(47)49-48(56(44)37-20-16-34(17-21-37)50(3,4)5)38-30-39-40(31-46(38)58-49)54(14,15)25-24-53(39,12)13/h16-23,26-31H,24-25H2,1-15H3. The summed E-state index contributed by atoms with van der Waals surface area (Å²) in [5, 5.41) is 1.21. The minimum atomic E-state index is -0.0782. The van der Waals surface area contributed by atoms with Gasteiger partial charge in [-0.1, -0.05) is 126 Å². The van der Waals surface area contributed by atoms with Gasteiger partial charge in [-0.2, -0.15) is 0 Å². The Morgan fingerprint density at radius 3 is 1.67 bits per heavy atom. The number of aryl methyl sites for hydroxylation is 2. The predicted octanol–water partition coefficient (Wildman–Crippen LogP) is 13.4. The normalized spacial score (nSPS) is 16.9. The van der Waals surface area contributed by atoms with Gasteiger partial charge in [0.05, 0.1) is 11.3 Å². The molecule has 5 aromatic carbocycles. The number of fused-ring (bicyclic) bond motifs is 7. The summed E-state index contributed by atoms with van der Waals surface area (Å²) in [6, 6.07) is 33.5. The van der Waals surface area contributed by atoms with E-state index in [9.17, 15) is 0 Å². The van der Waals surface area contributed by atoms with E-state index in [0.717, 1.165) is 23.4 Å². The van der Waals surface area contributed by atoms with Crippen molar-refractivity contribution in [3.8, 4) is 0 Å². The first-order valence-electron chi connectivity index (χ1n) is 21.7. The van der Waals surface area contributed by atoms with Crippen LogP contribution in [0.2, 0.25) is 0 Å². The van der Waals surface area contributed by atoms with E-state index in [1.807, 2.05) is 0 Å². The summed E-state index contributed by atoms with van der Waals surface area (Å²) in [6.07, 6.45) is 2.33. The third kappa shape index (κ3) is 5.90. The van der Waals surface area contributed by atoms with Gasteiger partial charge in [0.15, 0.2) is 0 Å². The highest BCUT2D eigenvalue weighted by molar-refractivity contribution is 7.00. The largest absolute Gasteiger partial charge is 0.468 e. The Labute approximate surface area is 348 Å². The second-order valence-corrected chi connectivity index (χ2v) is 22.4. The zero-order valence-corrected chi connectivity index (χ0v) is 37.9. The van der Waals surface area contributed by atoms with Crippen LogP contribution < -0.4 is 26.4 Å². The Hall–Kier alpha value is -4.70. The molecule has 0 saturated heterocycles. The summed E-state index contributed by atoms with van der Waals surface area (Å²) in [4.78, 5) is 5.12.